The zero-order valence-corrected chi connectivity index (χ0v) is 10.9. The Hall–Kier alpha value is -1.62. The Labute approximate surface area is 108 Å². The molecule has 0 aliphatic rings. The number of rotatable bonds is 3. The van der Waals surface area contributed by atoms with Gasteiger partial charge in [0.2, 0.25) is 0 Å². The van der Waals surface area contributed by atoms with Crippen LogP contribution in [0.3, 0.4) is 0 Å². The molecule has 0 aliphatic heterocycles. The number of imidazole rings is 1. The van der Waals surface area contributed by atoms with E-state index >= 15 is 0 Å². The second kappa shape index (κ2) is 5.14. The van der Waals surface area contributed by atoms with Crippen LogP contribution in [0.5, 0.6) is 0 Å². The molecule has 88 valence electrons. The standard InChI is InChI=1S/C12H12BrN3O/c1-8-2-9(4-10(13)3-8)12(17)15-6-11-5-14-7-16-11/h2-5,7H,6H2,1H3,(H,14,16)(H,15,17). The van der Waals surface area contributed by atoms with E-state index in [4.69, 9.17) is 0 Å². The molecule has 1 aromatic carbocycles. The number of hydrogen-bond acceptors (Lipinski definition) is 2. The van der Waals surface area contributed by atoms with Crippen LogP contribution in [0.1, 0.15) is 21.6 Å². The van der Waals surface area contributed by atoms with Gasteiger partial charge in [-0.15, -0.1) is 0 Å². The van der Waals surface area contributed by atoms with Gasteiger partial charge in [-0.1, -0.05) is 15.9 Å². The molecular weight excluding hydrogens is 282 g/mol. The average molecular weight is 294 g/mol. The minimum atomic E-state index is -0.0935. The van der Waals surface area contributed by atoms with Crippen molar-refractivity contribution >= 4 is 21.8 Å². The van der Waals surface area contributed by atoms with E-state index in [9.17, 15) is 4.79 Å². The summed E-state index contributed by atoms with van der Waals surface area (Å²) in [4.78, 5) is 18.7. The summed E-state index contributed by atoms with van der Waals surface area (Å²) in [5, 5.41) is 2.82. The Balaban J connectivity index is 2.04. The lowest BCUT2D eigenvalue weighted by molar-refractivity contribution is 0.0950. The van der Waals surface area contributed by atoms with Gasteiger partial charge in [0.1, 0.15) is 0 Å². The number of hydrogen-bond donors (Lipinski definition) is 2. The van der Waals surface area contributed by atoms with Crippen molar-refractivity contribution in [1.82, 2.24) is 15.3 Å². The molecule has 1 amide bonds. The second-order valence-electron chi connectivity index (χ2n) is 3.78. The number of nitrogens with zero attached hydrogens (tertiary/aromatic N) is 1. The van der Waals surface area contributed by atoms with Crippen LogP contribution in [-0.2, 0) is 6.54 Å². The van der Waals surface area contributed by atoms with E-state index in [0.717, 1.165) is 15.7 Å². The Morgan fingerprint density at radius 3 is 2.94 bits per heavy atom. The summed E-state index contributed by atoms with van der Waals surface area (Å²) in [6, 6.07) is 5.62. The van der Waals surface area contributed by atoms with Gasteiger partial charge in [-0.25, -0.2) is 4.98 Å². The highest BCUT2D eigenvalue weighted by atomic mass is 79.9. The first-order valence-electron chi connectivity index (χ1n) is 5.18. The summed E-state index contributed by atoms with van der Waals surface area (Å²) in [5.74, 6) is -0.0935. The first kappa shape index (κ1) is 11.9. The number of aryl methyl sites for hydroxylation is 1. The summed E-state index contributed by atoms with van der Waals surface area (Å²) in [7, 11) is 0. The zero-order valence-electron chi connectivity index (χ0n) is 9.33. The maximum atomic E-state index is 11.9. The van der Waals surface area contributed by atoms with Gasteiger partial charge >= 0.3 is 0 Å². The monoisotopic (exact) mass is 293 g/mol. The first-order chi connectivity index (χ1) is 8.15. The molecule has 0 saturated heterocycles. The lowest BCUT2D eigenvalue weighted by atomic mass is 10.1. The molecule has 17 heavy (non-hydrogen) atoms. The average Bonchev–Trinajstić information content (AvgIpc) is 2.77. The van der Waals surface area contributed by atoms with Gasteiger partial charge in [-0.3, -0.25) is 4.79 Å². The van der Waals surface area contributed by atoms with Gasteiger partial charge in [-0.2, -0.15) is 0 Å². The van der Waals surface area contributed by atoms with Crippen LogP contribution in [-0.4, -0.2) is 15.9 Å². The lowest BCUT2D eigenvalue weighted by Gasteiger charge is -2.05. The van der Waals surface area contributed by atoms with Crippen molar-refractivity contribution in [3.8, 4) is 0 Å². The third-order valence-corrected chi connectivity index (χ3v) is 2.76. The molecule has 1 aromatic heterocycles. The van der Waals surface area contributed by atoms with E-state index in [2.05, 4.69) is 31.2 Å². The smallest absolute Gasteiger partial charge is 0.251 e. The molecule has 0 spiro atoms. The highest BCUT2D eigenvalue weighted by Crippen LogP contribution is 2.15. The molecule has 2 aromatic rings. The van der Waals surface area contributed by atoms with Gasteiger partial charge in [-0.05, 0) is 30.7 Å². The van der Waals surface area contributed by atoms with Crippen LogP contribution >= 0.6 is 15.9 Å². The number of carbonyl (C=O) groups excluding carboxylic acids is 1. The van der Waals surface area contributed by atoms with Crippen molar-refractivity contribution in [2.75, 3.05) is 0 Å². The highest BCUT2D eigenvalue weighted by Gasteiger charge is 2.06. The van der Waals surface area contributed by atoms with Crippen LogP contribution in [0.25, 0.3) is 0 Å². The van der Waals surface area contributed by atoms with Crippen molar-refractivity contribution in [3.05, 3.63) is 52.0 Å². The lowest BCUT2D eigenvalue weighted by Crippen LogP contribution is -2.23. The minimum absolute atomic E-state index is 0.0935. The Morgan fingerprint density at radius 1 is 1.47 bits per heavy atom. The molecule has 1 heterocycles. The Morgan fingerprint density at radius 2 is 2.29 bits per heavy atom. The number of H-pyrrole nitrogens is 1. The molecule has 0 bridgehead atoms. The largest absolute Gasteiger partial charge is 0.347 e. The SMILES string of the molecule is Cc1cc(Br)cc(C(=O)NCc2cnc[nH]2)c1. The number of halogens is 1. The molecule has 4 nitrogen and oxygen atoms in total. The first-order valence-corrected chi connectivity index (χ1v) is 5.97. The van der Waals surface area contributed by atoms with E-state index in [1.54, 1.807) is 18.6 Å². The summed E-state index contributed by atoms with van der Waals surface area (Å²) >= 11 is 3.37. The molecule has 0 atom stereocenters. The fourth-order valence-electron chi connectivity index (χ4n) is 1.53. The van der Waals surface area contributed by atoms with Crippen molar-refractivity contribution in [2.24, 2.45) is 0 Å². The van der Waals surface area contributed by atoms with Crippen LogP contribution in [0, 0.1) is 6.92 Å². The topological polar surface area (TPSA) is 57.8 Å². The molecular formula is C12H12BrN3O. The number of aromatic amines is 1. The fraction of sp³-hybridized carbons (Fsp3) is 0.167. The van der Waals surface area contributed by atoms with Gasteiger partial charge in [0.15, 0.2) is 0 Å². The summed E-state index contributed by atoms with van der Waals surface area (Å²) < 4.78 is 0.907. The number of benzene rings is 1. The van der Waals surface area contributed by atoms with E-state index in [1.807, 2.05) is 19.1 Å². The predicted octanol–water partition coefficient (Wildman–Crippen LogP) is 2.41. The Bertz CT molecular complexity index is 502. The van der Waals surface area contributed by atoms with Gasteiger partial charge in [0.25, 0.3) is 5.91 Å². The van der Waals surface area contributed by atoms with E-state index < -0.39 is 0 Å². The highest BCUT2D eigenvalue weighted by molar-refractivity contribution is 9.10. The second-order valence-corrected chi connectivity index (χ2v) is 4.69. The molecule has 0 aliphatic carbocycles. The van der Waals surface area contributed by atoms with Crippen LogP contribution in [0.4, 0.5) is 0 Å². The maximum Gasteiger partial charge on any atom is 0.251 e. The van der Waals surface area contributed by atoms with Gasteiger partial charge in [0.05, 0.1) is 18.6 Å². The van der Waals surface area contributed by atoms with E-state index in [0.29, 0.717) is 12.1 Å². The zero-order chi connectivity index (χ0) is 12.3. The van der Waals surface area contributed by atoms with Crippen molar-refractivity contribution in [1.29, 1.82) is 0 Å². The number of aromatic nitrogens is 2. The van der Waals surface area contributed by atoms with Crippen LogP contribution in [0.2, 0.25) is 0 Å². The summed E-state index contributed by atoms with van der Waals surface area (Å²) in [6.45, 7) is 2.40. The molecule has 0 unspecified atom stereocenters. The Kier molecular flexibility index (Phi) is 3.58. The van der Waals surface area contributed by atoms with Crippen LogP contribution < -0.4 is 5.32 Å². The fourth-order valence-corrected chi connectivity index (χ4v) is 2.13. The normalized spacial score (nSPS) is 10.2. The van der Waals surface area contributed by atoms with Crippen molar-refractivity contribution < 1.29 is 4.79 Å². The number of amides is 1. The van der Waals surface area contributed by atoms with E-state index in [-0.39, 0.29) is 5.91 Å². The molecule has 5 heteroatoms. The van der Waals surface area contributed by atoms with E-state index in [1.165, 1.54) is 0 Å². The third-order valence-electron chi connectivity index (χ3n) is 2.30. The van der Waals surface area contributed by atoms with Gasteiger partial charge in [0, 0.05) is 16.2 Å². The minimum Gasteiger partial charge on any atom is -0.347 e. The quantitative estimate of drug-likeness (QED) is 0.913. The number of carbonyl (C=O) groups is 1. The van der Waals surface area contributed by atoms with Gasteiger partial charge < -0.3 is 10.3 Å². The van der Waals surface area contributed by atoms with Crippen molar-refractivity contribution in [2.45, 2.75) is 13.5 Å². The maximum absolute atomic E-state index is 11.9. The summed E-state index contributed by atoms with van der Waals surface area (Å²) in [5.41, 5.74) is 2.58. The molecule has 2 N–H and O–H groups in total. The molecule has 0 fully saturated rings. The number of nitrogens with one attached hydrogen (secondary N) is 2. The molecule has 0 saturated carbocycles. The third kappa shape index (κ3) is 3.17. The molecule has 0 radical (unpaired) electrons. The van der Waals surface area contributed by atoms with Crippen molar-refractivity contribution in [3.63, 3.8) is 0 Å². The predicted molar refractivity (Wildman–Crippen MR) is 68.6 cm³/mol. The van der Waals surface area contributed by atoms with Crippen LogP contribution in [0.15, 0.2) is 35.2 Å². The molecule has 2 rings (SSSR count). The summed E-state index contributed by atoms with van der Waals surface area (Å²) in [6.07, 6.45) is 3.27.